The highest BCUT2D eigenvalue weighted by Crippen LogP contribution is 2.17. The summed E-state index contributed by atoms with van der Waals surface area (Å²) >= 11 is 0. The summed E-state index contributed by atoms with van der Waals surface area (Å²) in [6.45, 7) is 2.28. The van der Waals surface area contributed by atoms with Crippen LogP contribution in [0.3, 0.4) is 0 Å². The second-order valence-electron chi connectivity index (χ2n) is 4.99. The van der Waals surface area contributed by atoms with Gasteiger partial charge in [0.25, 0.3) is 0 Å². The van der Waals surface area contributed by atoms with Crippen molar-refractivity contribution in [2.45, 2.75) is 19.3 Å². The molecule has 0 spiro atoms. The number of rotatable bonds is 5. The molecule has 2 rings (SSSR count). The standard InChI is InChI=1S/C15H19NO3/c17-14(12-4-2-1-3-5-12)8-11-16-9-6-13(7-10-16)15(18)19/h1-5,13H,6-11H2,(H,18,19). The highest BCUT2D eigenvalue weighted by atomic mass is 16.4. The number of piperidine rings is 1. The summed E-state index contributed by atoms with van der Waals surface area (Å²) in [5, 5.41) is 8.92. The molecule has 0 saturated carbocycles. The maximum Gasteiger partial charge on any atom is 0.306 e. The lowest BCUT2D eigenvalue weighted by atomic mass is 9.97. The van der Waals surface area contributed by atoms with Crippen LogP contribution in [0.1, 0.15) is 29.6 Å². The fourth-order valence-electron chi connectivity index (χ4n) is 2.43. The highest BCUT2D eigenvalue weighted by molar-refractivity contribution is 5.96. The molecule has 0 aliphatic carbocycles. The van der Waals surface area contributed by atoms with E-state index in [0.717, 1.165) is 25.2 Å². The molecule has 0 amide bonds. The van der Waals surface area contributed by atoms with Gasteiger partial charge in [-0.2, -0.15) is 0 Å². The van der Waals surface area contributed by atoms with Gasteiger partial charge in [0, 0.05) is 18.5 Å². The molecule has 19 heavy (non-hydrogen) atoms. The number of carbonyl (C=O) groups excluding carboxylic acids is 1. The fourth-order valence-corrected chi connectivity index (χ4v) is 2.43. The highest BCUT2D eigenvalue weighted by Gasteiger charge is 2.24. The molecule has 4 nitrogen and oxygen atoms in total. The summed E-state index contributed by atoms with van der Waals surface area (Å²) in [6.07, 6.45) is 1.88. The molecule has 102 valence electrons. The van der Waals surface area contributed by atoms with E-state index < -0.39 is 5.97 Å². The van der Waals surface area contributed by atoms with Crippen LogP contribution in [0, 0.1) is 5.92 Å². The summed E-state index contributed by atoms with van der Waals surface area (Å²) < 4.78 is 0. The Kier molecular flexibility index (Phi) is 4.68. The molecule has 0 atom stereocenters. The average molecular weight is 261 g/mol. The van der Waals surface area contributed by atoms with Crippen molar-refractivity contribution in [3.63, 3.8) is 0 Å². The van der Waals surface area contributed by atoms with Crippen molar-refractivity contribution in [2.75, 3.05) is 19.6 Å². The first-order valence-corrected chi connectivity index (χ1v) is 6.70. The van der Waals surface area contributed by atoms with E-state index in [9.17, 15) is 9.59 Å². The Bertz CT molecular complexity index is 436. The van der Waals surface area contributed by atoms with Crippen LogP contribution in [0.5, 0.6) is 0 Å². The normalized spacial score (nSPS) is 17.3. The van der Waals surface area contributed by atoms with Crippen molar-refractivity contribution in [3.05, 3.63) is 35.9 Å². The van der Waals surface area contributed by atoms with Gasteiger partial charge in [-0.25, -0.2) is 0 Å². The van der Waals surface area contributed by atoms with Crippen molar-refractivity contribution >= 4 is 11.8 Å². The first-order valence-electron chi connectivity index (χ1n) is 6.70. The molecule has 0 radical (unpaired) electrons. The van der Waals surface area contributed by atoms with Crippen LogP contribution < -0.4 is 0 Å². The van der Waals surface area contributed by atoms with Gasteiger partial charge in [0.05, 0.1) is 5.92 Å². The molecule has 1 saturated heterocycles. The number of hydrogen-bond donors (Lipinski definition) is 1. The summed E-state index contributed by atoms with van der Waals surface area (Å²) in [6, 6.07) is 9.29. The number of benzene rings is 1. The van der Waals surface area contributed by atoms with Gasteiger partial charge in [-0.1, -0.05) is 30.3 Å². The van der Waals surface area contributed by atoms with Crippen molar-refractivity contribution in [1.29, 1.82) is 0 Å². The maximum atomic E-state index is 11.9. The average Bonchev–Trinajstić information content (AvgIpc) is 2.46. The van der Waals surface area contributed by atoms with E-state index in [1.54, 1.807) is 0 Å². The Morgan fingerprint density at radius 3 is 2.37 bits per heavy atom. The van der Waals surface area contributed by atoms with Gasteiger partial charge in [0.2, 0.25) is 0 Å². The summed E-state index contributed by atoms with van der Waals surface area (Å²) in [4.78, 5) is 25.0. The quantitative estimate of drug-likeness (QED) is 0.824. The van der Waals surface area contributed by atoms with Gasteiger partial charge in [-0.05, 0) is 25.9 Å². The molecular formula is C15H19NO3. The third-order valence-corrected chi connectivity index (χ3v) is 3.69. The summed E-state index contributed by atoms with van der Waals surface area (Å²) in [5.74, 6) is -0.748. The Labute approximate surface area is 113 Å². The molecular weight excluding hydrogens is 242 g/mol. The number of ketones is 1. The summed E-state index contributed by atoms with van der Waals surface area (Å²) in [5.41, 5.74) is 0.753. The number of nitrogens with zero attached hydrogens (tertiary/aromatic N) is 1. The topological polar surface area (TPSA) is 57.6 Å². The molecule has 1 N–H and O–H groups in total. The predicted octanol–water partition coefficient (Wildman–Crippen LogP) is 2.06. The zero-order valence-corrected chi connectivity index (χ0v) is 10.9. The number of hydrogen-bond acceptors (Lipinski definition) is 3. The van der Waals surface area contributed by atoms with Crippen LogP contribution in [0.4, 0.5) is 0 Å². The molecule has 4 heteroatoms. The van der Waals surface area contributed by atoms with Crippen molar-refractivity contribution in [1.82, 2.24) is 4.90 Å². The minimum atomic E-state index is -0.694. The van der Waals surface area contributed by atoms with E-state index in [4.69, 9.17) is 5.11 Å². The van der Waals surface area contributed by atoms with Gasteiger partial charge < -0.3 is 10.0 Å². The number of Topliss-reactive ketones (excluding diaryl/α,β-unsaturated/α-hetero) is 1. The maximum absolute atomic E-state index is 11.9. The predicted molar refractivity (Wildman–Crippen MR) is 72.2 cm³/mol. The Balaban J connectivity index is 1.75. The zero-order valence-electron chi connectivity index (χ0n) is 10.9. The van der Waals surface area contributed by atoms with Gasteiger partial charge in [-0.3, -0.25) is 9.59 Å². The molecule has 0 unspecified atom stereocenters. The number of carboxylic acid groups (broad SMARTS) is 1. The van der Waals surface area contributed by atoms with E-state index in [-0.39, 0.29) is 11.7 Å². The van der Waals surface area contributed by atoms with E-state index in [2.05, 4.69) is 4.90 Å². The van der Waals surface area contributed by atoms with Crippen LogP contribution in [0.15, 0.2) is 30.3 Å². The number of carboxylic acids is 1. The zero-order chi connectivity index (χ0) is 13.7. The van der Waals surface area contributed by atoms with Gasteiger partial charge in [-0.15, -0.1) is 0 Å². The molecule has 1 heterocycles. The Hall–Kier alpha value is -1.68. The molecule has 0 aromatic heterocycles. The van der Waals surface area contributed by atoms with Crippen LogP contribution in [0.25, 0.3) is 0 Å². The van der Waals surface area contributed by atoms with E-state index in [0.29, 0.717) is 19.3 Å². The van der Waals surface area contributed by atoms with Crippen LogP contribution in [0.2, 0.25) is 0 Å². The lowest BCUT2D eigenvalue weighted by Gasteiger charge is -2.29. The molecule has 1 aromatic carbocycles. The largest absolute Gasteiger partial charge is 0.481 e. The van der Waals surface area contributed by atoms with E-state index in [1.807, 2.05) is 30.3 Å². The third-order valence-electron chi connectivity index (χ3n) is 3.69. The van der Waals surface area contributed by atoms with Gasteiger partial charge >= 0.3 is 5.97 Å². The minimum absolute atomic E-state index is 0.154. The van der Waals surface area contributed by atoms with Crippen molar-refractivity contribution in [2.24, 2.45) is 5.92 Å². The number of aliphatic carboxylic acids is 1. The van der Waals surface area contributed by atoms with Crippen molar-refractivity contribution < 1.29 is 14.7 Å². The molecule has 1 aliphatic rings. The lowest BCUT2D eigenvalue weighted by Crippen LogP contribution is -2.37. The van der Waals surface area contributed by atoms with Crippen LogP contribution in [-0.4, -0.2) is 41.4 Å². The van der Waals surface area contributed by atoms with Gasteiger partial charge in [0.15, 0.2) is 5.78 Å². The number of likely N-dealkylation sites (tertiary alicyclic amines) is 1. The SMILES string of the molecule is O=C(CCN1CCC(C(=O)O)CC1)c1ccccc1. The summed E-state index contributed by atoms with van der Waals surface area (Å²) in [7, 11) is 0. The Morgan fingerprint density at radius 2 is 1.79 bits per heavy atom. The first kappa shape index (κ1) is 13.7. The molecule has 0 bridgehead atoms. The van der Waals surface area contributed by atoms with Crippen LogP contribution >= 0.6 is 0 Å². The Morgan fingerprint density at radius 1 is 1.16 bits per heavy atom. The smallest absolute Gasteiger partial charge is 0.306 e. The minimum Gasteiger partial charge on any atom is -0.481 e. The second kappa shape index (κ2) is 6.48. The lowest BCUT2D eigenvalue weighted by molar-refractivity contribution is -0.143. The number of carbonyl (C=O) groups is 2. The molecule has 1 aliphatic heterocycles. The van der Waals surface area contributed by atoms with Gasteiger partial charge in [0.1, 0.15) is 0 Å². The van der Waals surface area contributed by atoms with Crippen LogP contribution in [-0.2, 0) is 4.79 Å². The molecule has 1 fully saturated rings. The second-order valence-corrected chi connectivity index (χ2v) is 4.99. The van der Waals surface area contributed by atoms with E-state index in [1.165, 1.54) is 0 Å². The van der Waals surface area contributed by atoms with E-state index >= 15 is 0 Å². The van der Waals surface area contributed by atoms with Crippen molar-refractivity contribution in [3.8, 4) is 0 Å². The fraction of sp³-hybridized carbons (Fsp3) is 0.467. The first-order chi connectivity index (χ1) is 9.16. The molecule has 1 aromatic rings. The monoisotopic (exact) mass is 261 g/mol. The third kappa shape index (κ3) is 3.89.